The quantitative estimate of drug-likeness (QED) is 0.731. The molecule has 1 amide bonds. The van der Waals surface area contributed by atoms with E-state index in [1.54, 1.807) is 18.2 Å². The van der Waals surface area contributed by atoms with Crippen molar-refractivity contribution >= 4 is 5.91 Å². The molecule has 1 aromatic carbocycles. The van der Waals surface area contributed by atoms with Gasteiger partial charge in [-0.2, -0.15) is 0 Å². The number of rotatable bonds is 8. The van der Waals surface area contributed by atoms with Crippen molar-refractivity contribution in [2.45, 2.75) is 19.3 Å². The molecule has 0 aliphatic carbocycles. The number of hydrogen-bond donors (Lipinski definition) is 1. The maximum Gasteiger partial charge on any atom is 0.220 e. The average molecular weight is 361 g/mol. The zero-order valence-electron chi connectivity index (χ0n) is 14.7. The SMILES string of the molecule is O=C(CCc1ncc(-c2ccccc2F)o1)NCCCN1CCOCC1. The van der Waals surface area contributed by atoms with Crippen molar-refractivity contribution in [3.05, 3.63) is 42.2 Å². The molecule has 1 fully saturated rings. The summed E-state index contributed by atoms with van der Waals surface area (Å²) in [4.78, 5) is 18.4. The van der Waals surface area contributed by atoms with Crippen molar-refractivity contribution in [1.82, 2.24) is 15.2 Å². The maximum atomic E-state index is 13.7. The monoisotopic (exact) mass is 361 g/mol. The average Bonchev–Trinajstić information content (AvgIpc) is 3.13. The van der Waals surface area contributed by atoms with Crippen molar-refractivity contribution in [3.8, 4) is 11.3 Å². The van der Waals surface area contributed by atoms with E-state index < -0.39 is 0 Å². The second-order valence-electron chi connectivity index (χ2n) is 6.26. The lowest BCUT2D eigenvalue weighted by molar-refractivity contribution is -0.121. The predicted octanol–water partition coefficient (Wildman–Crippen LogP) is 2.25. The highest BCUT2D eigenvalue weighted by Crippen LogP contribution is 2.23. The van der Waals surface area contributed by atoms with Gasteiger partial charge in [-0.3, -0.25) is 9.69 Å². The summed E-state index contributed by atoms with van der Waals surface area (Å²) in [7, 11) is 0. The molecule has 2 heterocycles. The minimum atomic E-state index is -0.354. The summed E-state index contributed by atoms with van der Waals surface area (Å²) in [5.74, 6) is 0.432. The molecule has 0 spiro atoms. The molecule has 26 heavy (non-hydrogen) atoms. The molecule has 0 radical (unpaired) electrons. The number of hydrogen-bond acceptors (Lipinski definition) is 5. The summed E-state index contributed by atoms with van der Waals surface area (Å²) in [5, 5.41) is 2.91. The summed E-state index contributed by atoms with van der Waals surface area (Å²) >= 11 is 0. The van der Waals surface area contributed by atoms with E-state index in [2.05, 4.69) is 15.2 Å². The number of ether oxygens (including phenoxy) is 1. The molecule has 1 aliphatic heterocycles. The number of halogens is 1. The fourth-order valence-corrected chi connectivity index (χ4v) is 2.88. The van der Waals surface area contributed by atoms with Crippen LogP contribution >= 0.6 is 0 Å². The van der Waals surface area contributed by atoms with Crippen LogP contribution in [0.15, 0.2) is 34.9 Å². The largest absolute Gasteiger partial charge is 0.441 e. The topological polar surface area (TPSA) is 67.6 Å². The number of carbonyl (C=O) groups is 1. The van der Waals surface area contributed by atoms with Crippen LogP contribution in [0.1, 0.15) is 18.7 Å². The molecule has 1 aliphatic rings. The van der Waals surface area contributed by atoms with Crippen LogP contribution in [0.5, 0.6) is 0 Å². The maximum absolute atomic E-state index is 13.7. The zero-order chi connectivity index (χ0) is 18.2. The molecule has 0 unspecified atom stereocenters. The van der Waals surface area contributed by atoms with E-state index in [4.69, 9.17) is 9.15 Å². The van der Waals surface area contributed by atoms with Gasteiger partial charge in [-0.15, -0.1) is 0 Å². The molecule has 0 atom stereocenters. The molecular formula is C19H24FN3O3. The molecule has 1 saturated heterocycles. The van der Waals surface area contributed by atoms with Gasteiger partial charge in [0.1, 0.15) is 5.82 Å². The normalized spacial score (nSPS) is 15.1. The standard InChI is InChI=1S/C19H24FN3O3/c20-16-5-2-1-4-15(16)17-14-22-19(26-17)7-6-18(24)21-8-3-9-23-10-12-25-13-11-23/h1-2,4-5,14H,3,6-13H2,(H,21,24). The third-order valence-electron chi connectivity index (χ3n) is 4.34. The highest BCUT2D eigenvalue weighted by Gasteiger charge is 2.12. The van der Waals surface area contributed by atoms with E-state index in [1.807, 2.05) is 0 Å². The van der Waals surface area contributed by atoms with Gasteiger partial charge in [0.2, 0.25) is 5.91 Å². The number of nitrogens with one attached hydrogen (secondary N) is 1. The van der Waals surface area contributed by atoms with Crippen LogP contribution in [-0.4, -0.2) is 55.2 Å². The molecular weight excluding hydrogens is 337 g/mol. The lowest BCUT2D eigenvalue weighted by atomic mass is 10.2. The summed E-state index contributed by atoms with van der Waals surface area (Å²) in [6.07, 6.45) is 3.11. The van der Waals surface area contributed by atoms with Gasteiger partial charge in [-0.25, -0.2) is 9.37 Å². The highest BCUT2D eigenvalue weighted by molar-refractivity contribution is 5.76. The minimum absolute atomic E-state index is 0.0300. The van der Waals surface area contributed by atoms with Crippen molar-refractivity contribution < 1.29 is 18.3 Å². The first kappa shape index (κ1) is 18.5. The lowest BCUT2D eigenvalue weighted by Crippen LogP contribution is -2.38. The number of morpholine rings is 1. The zero-order valence-corrected chi connectivity index (χ0v) is 14.7. The van der Waals surface area contributed by atoms with Crippen molar-refractivity contribution in [3.63, 3.8) is 0 Å². The van der Waals surface area contributed by atoms with Crippen LogP contribution in [0, 0.1) is 5.82 Å². The van der Waals surface area contributed by atoms with Crippen LogP contribution in [-0.2, 0) is 16.0 Å². The third kappa shape index (κ3) is 5.37. The number of benzene rings is 1. The van der Waals surface area contributed by atoms with Crippen LogP contribution in [0.25, 0.3) is 11.3 Å². The van der Waals surface area contributed by atoms with Crippen molar-refractivity contribution in [2.24, 2.45) is 0 Å². The van der Waals surface area contributed by atoms with Crippen LogP contribution in [0.4, 0.5) is 4.39 Å². The van der Waals surface area contributed by atoms with Gasteiger partial charge < -0.3 is 14.5 Å². The summed E-state index contributed by atoms with van der Waals surface area (Å²) in [6.45, 7) is 5.12. The number of oxazole rings is 1. The van der Waals surface area contributed by atoms with Crippen LogP contribution in [0.2, 0.25) is 0 Å². The van der Waals surface area contributed by atoms with Gasteiger partial charge in [-0.05, 0) is 25.1 Å². The first-order valence-corrected chi connectivity index (χ1v) is 8.99. The van der Waals surface area contributed by atoms with Gasteiger partial charge in [0.05, 0.1) is 25.0 Å². The van der Waals surface area contributed by atoms with Crippen molar-refractivity contribution in [1.29, 1.82) is 0 Å². The number of amides is 1. The highest BCUT2D eigenvalue weighted by atomic mass is 19.1. The molecule has 1 aromatic heterocycles. The van der Waals surface area contributed by atoms with Crippen LogP contribution in [0.3, 0.4) is 0 Å². The fraction of sp³-hybridized carbons (Fsp3) is 0.474. The Balaban J connectivity index is 1.36. The smallest absolute Gasteiger partial charge is 0.220 e. The van der Waals surface area contributed by atoms with Gasteiger partial charge >= 0.3 is 0 Å². The number of nitrogens with zero attached hydrogens (tertiary/aromatic N) is 2. The van der Waals surface area contributed by atoms with E-state index in [0.29, 0.717) is 36.6 Å². The van der Waals surface area contributed by atoms with Gasteiger partial charge in [0.25, 0.3) is 0 Å². The van der Waals surface area contributed by atoms with E-state index in [1.165, 1.54) is 12.3 Å². The van der Waals surface area contributed by atoms with Gasteiger partial charge in [0.15, 0.2) is 11.7 Å². The Morgan fingerprint density at radius 1 is 1.27 bits per heavy atom. The first-order valence-electron chi connectivity index (χ1n) is 8.99. The van der Waals surface area contributed by atoms with Crippen LogP contribution < -0.4 is 5.32 Å². The Hall–Kier alpha value is -2.25. The summed E-state index contributed by atoms with van der Waals surface area (Å²) in [5.41, 5.74) is 0.374. The minimum Gasteiger partial charge on any atom is -0.441 e. The second-order valence-corrected chi connectivity index (χ2v) is 6.26. The third-order valence-corrected chi connectivity index (χ3v) is 4.34. The summed E-state index contributed by atoms with van der Waals surface area (Å²) in [6, 6.07) is 6.38. The van der Waals surface area contributed by atoms with Gasteiger partial charge in [0, 0.05) is 32.5 Å². The Kier molecular flexibility index (Phi) is 6.74. The number of carbonyl (C=O) groups excluding carboxylic acids is 1. The molecule has 0 bridgehead atoms. The molecule has 0 saturated carbocycles. The second kappa shape index (κ2) is 9.45. The van der Waals surface area contributed by atoms with E-state index in [-0.39, 0.29) is 11.7 Å². The Bertz CT molecular complexity index is 714. The van der Waals surface area contributed by atoms with Gasteiger partial charge in [-0.1, -0.05) is 12.1 Å². The molecule has 1 N–H and O–H groups in total. The predicted molar refractivity (Wildman–Crippen MR) is 95.1 cm³/mol. The Morgan fingerprint density at radius 2 is 2.08 bits per heavy atom. The first-order chi connectivity index (χ1) is 12.7. The molecule has 6 nitrogen and oxygen atoms in total. The molecule has 2 aromatic rings. The summed E-state index contributed by atoms with van der Waals surface area (Å²) < 4.78 is 24.6. The molecule has 3 rings (SSSR count). The Labute approximate surface area is 152 Å². The number of aryl methyl sites for hydroxylation is 1. The van der Waals surface area contributed by atoms with Crippen molar-refractivity contribution in [2.75, 3.05) is 39.4 Å². The lowest BCUT2D eigenvalue weighted by Gasteiger charge is -2.26. The van der Waals surface area contributed by atoms with E-state index in [0.717, 1.165) is 39.3 Å². The number of aromatic nitrogens is 1. The fourth-order valence-electron chi connectivity index (χ4n) is 2.88. The molecule has 7 heteroatoms. The van der Waals surface area contributed by atoms with E-state index in [9.17, 15) is 9.18 Å². The Morgan fingerprint density at radius 3 is 2.88 bits per heavy atom. The molecule has 140 valence electrons. The van der Waals surface area contributed by atoms with E-state index >= 15 is 0 Å².